The lowest BCUT2D eigenvalue weighted by Crippen LogP contribution is -2.50. The molecule has 0 aliphatic heterocycles. The number of nitrogens with zero attached hydrogens (tertiary/aromatic N) is 2. The van der Waals surface area contributed by atoms with E-state index in [-0.39, 0.29) is 18.6 Å². The minimum Gasteiger partial charge on any atom is -0.390 e. The van der Waals surface area contributed by atoms with Crippen molar-refractivity contribution in [2.45, 2.75) is 52.4 Å². The Balaban J connectivity index is 1.92. The highest BCUT2D eigenvalue weighted by molar-refractivity contribution is 5.65. The largest absolute Gasteiger partial charge is 0.390 e. The first-order chi connectivity index (χ1) is 16.9. The molecule has 3 rings (SSSR count). The van der Waals surface area contributed by atoms with Gasteiger partial charge in [0.25, 0.3) is 0 Å². The molecule has 0 saturated carbocycles. The Kier molecular flexibility index (Phi) is 10.5. The van der Waals surface area contributed by atoms with Crippen LogP contribution < -0.4 is 0 Å². The molecule has 5 nitrogen and oxygen atoms in total. The van der Waals surface area contributed by atoms with Crippen LogP contribution in [0.4, 0.5) is 0 Å². The highest BCUT2D eigenvalue weighted by Gasteiger charge is 2.29. The summed E-state index contributed by atoms with van der Waals surface area (Å²) in [6, 6.07) is 30.8. The minimum absolute atomic E-state index is 0.192. The normalized spacial score (nSPS) is 13.2. The van der Waals surface area contributed by atoms with Crippen molar-refractivity contribution in [1.29, 1.82) is 0 Å². The maximum Gasteiger partial charge on any atom is 0.322 e. The fourth-order valence-electron chi connectivity index (χ4n) is 4.36. The van der Waals surface area contributed by atoms with Crippen LogP contribution in [0.1, 0.15) is 37.5 Å². The van der Waals surface area contributed by atoms with E-state index in [4.69, 9.17) is 4.84 Å². The maximum atomic E-state index is 11.7. The Morgan fingerprint density at radius 2 is 1.23 bits per heavy atom. The summed E-state index contributed by atoms with van der Waals surface area (Å²) in [5.41, 5.74) is 3.53. The van der Waals surface area contributed by atoms with E-state index in [1.165, 1.54) is 18.1 Å². The molecule has 2 atom stereocenters. The summed E-state index contributed by atoms with van der Waals surface area (Å²) in [5.74, 6) is -0.0817. The average Bonchev–Trinajstić information content (AvgIpc) is 2.83. The van der Waals surface area contributed by atoms with Gasteiger partial charge in [-0.15, -0.1) is 5.06 Å². The molecule has 0 amide bonds. The van der Waals surface area contributed by atoms with Crippen LogP contribution in [0, 0.1) is 5.92 Å². The van der Waals surface area contributed by atoms with Gasteiger partial charge in [0.05, 0.1) is 12.6 Å². The third-order valence-electron chi connectivity index (χ3n) is 5.87. The molecule has 0 fully saturated rings. The van der Waals surface area contributed by atoms with E-state index in [9.17, 15) is 9.90 Å². The molecule has 3 aromatic rings. The fourth-order valence-corrected chi connectivity index (χ4v) is 4.36. The predicted molar refractivity (Wildman–Crippen MR) is 140 cm³/mol. The summed E-state index contributed by atoms with van der Waals surface area (Å²) in [6.45, 7) is 7.74. The predicted octanol–water partition coefficient (Wildman–Crippen LogP) is 5.10. The van der Waals surface area contributed by atoms with Gasteiger partial charge in [-0.05, 0) is 29.0 Å². The van der Waals surface area contributed by atoms with Crippen molar-refractivity contribution in [3.8, 4) is 0 Å². The second-order valence-electron chi connectivity index (χ2n) is 9.52. The van der Waals surface area contributed by atoms with E-state index in [2.05, 4.69) is 55.1 Å². The molecule has 0 aliphatic carbocycles. The Bertz CT molecular complexity index is 954. The lowest BCUT2D eigenvalue weighted by atomic mass is 9.97. The molecular weight excluding hydrogens is 436 g/mol. The summed E-state index contributed by atoms with van der Waals surface area (Å²) < 4.78 is 0. The summed E-state index contributed by atoms with van der Waals surface area (Å²) >= 11 is 0. The van der Waals surface area contributed by atoms with Gasteiger partial charge >= 0.3 is 5.97 Å². The molecule has 35 heavy (non-hydrogen) atoms. The van der Waals surface area contributed by atoms with Crippen LogP contribution in [-0.2, 0) is 29.1 Å². The zero-order valence-corrected chi connectivity index (χ0v) is 21.1. The number of benzene rings is 3. The van der Waals surface area contributed by atoms with Crippen molar-refractivity contribution in [3.63, 3.8) is 0 Å². The van der Waals surface area contributed by atoms with Crippen LogP contribution in [0.5, 0.6) is 0 Å². The Labute approximate surface area is 209 Å². The quantitative estimate of drug-likeness (QED) is 0.350. The molecule has 0 bridgehead atoms. The molecule has 0 saturated heterocycles. The monoisotopic (exact) mass is 474 g/mol. The van der Waals surface area contributed by atoms with Crippen LogP contribution in [0.25, 0.3) is 0 Å². The molecule has 0 spiro atoms. The molecule has 5 heteroatoms. The Morgan fingerprint density at radius 1 is 0.771 bits per heavy atom. The van der Waals surface area contributed by atoms with Crippen molar-refractivity contribution in [2.75, 3.05) is 13.1 Å². The molecule has 3 aromatic carbocycles. The number of carbonyl (C=O) groups is 1. The Morgan fingerprint density at radius 3 is 1.66 bits per heavy atom. The van der Waals surface area contributed by atoms with Crippen molar-refractivity contribution >= 4 is 5.97 Å². The molecule has 186 valence electrons. The Hall–Kier alpha value is -2.99. The smallest absolute Gasteiger partial charge is 0.322 e. The number of hydroxylamine groups is 2. The molecule has 0 aromatic heterocycles. The van der Waals surface area contributed by atoms with E-state index < -0.39 is 6.10 Å². The van der Waals surface area contributed by atoms with Gasteiger partial charge in [-0.25, -0.2) is 0 Å². The first-order valence-corrected chi connectivity index (χ1v) is 12.4. The number of aliphatic hydroxyl groups excluding tert-OH is 1. The first kappa shape index (κ1) is 26.6. The fraction of sp³-hybridized carbons (Fsp3) is 0.367. The summed E-state index contributed by atoms with van der Waals surface area (Å²) in [7, 11) is 0. The van der Waals surface area contributed by atoms with Crippen molar-refractivity contribution in [1.82, 2.24) is 9.96 Å². The van der Waals surface area contributed by atoms with Gasteiger partial charge in [-0.3, -0.25) is 9.69 Å². The van der Waals surface area contributed by atoms with Gasteiger partial charge in [0.1, 0.15) is 0 Å². The van der Waals surface area contributed by atoms with E-state index >= 15 is 0 Å². The van der Waals surface area contributed by atoms with Gasteiger partial charge in [-0.2, -0.15) is 0 Å². The lowest BCUT2D eigenvalue weighted by molar-refractivity contribution is -0.197. The molecule has 0 aliphatic rings. The standard InChI is InChI=1S/C30H38N2O3/c1-24(2)20-32(35-25(3)33)23-30(34)29(19-26-13-7-4-8-14-26)31(21-27-15-9-5-10-16-27)22-28-17-11-6-12-18-28/h4-18,24,29-30,34H,19-23H2,1-3H3/t29-,30?/m0/s1. The van der Waals surface area contributed by atoms with Gasteiger partial charge in [0, 0.05) is 32.6 Å². The first-order valence-electron chi connectivity index (χ1n) is 12.4. The van der Waals surface area contributed by atoms with Crippen LogP contribution in [-0.4, -0.2) is 46.3 Å². The summed E-state index contributed by atoms with van der Waals surface area (Å²) in [6.07, 6.45) is -0.0576. The van der Waals surface area contributed by atoms with Crippen LogP contribution >= 0.6 is 0 Å². The molecule has 0 radical (unpaired) electrons. The van der Waals surface area contributed by atoms with Crippen LogP contribution in [0.15, 0.2) is 91.0 Å². The van der Waals surface area contributed by atoms with Crippen molar-refractivity contribution < 1.29 is 14.7 Å². The summed E-state index contributed by atoms with van der Waals surface area (Å²) in [5, 5.41) is 13.2. The number of hydrogen-bond donors (Lipinski definition) is 1. The van der Waals surface area contributed by atoms with E-state index in [0.29, 0.717) is 32.0 Å². The molecular formula is C30H38N2O3. The van der Waals surface area contributed by atoms with E-state index in [1.807, 2.05) is 54.6 Å². The molecule has 1 unspecified atom stereocenters. The van der Waals surface area contributed by atoms with Gasteiger partial charge in [0.15, 0.2) is 0 Å². The van der Waals surface area contributed by atoms with Gasteiger partial charge in [0.2, 0.25) is 0 Å². The van der Waals surface area contributed by atoms with Gasteiger partial charge < -0.3 is 9.94 Å². The number of hydrogen-bond acceptors (Lipinski definition) is 5. The number of rotatable bonds is 13. The van der Waals surface area contributed by atoms with Crippen LogP contribution in [0.3, 0.4) is 0 Å². The number of aliphatic hydroxyl groups is 1. The topological polar surface area (TPSA) is 53.0 Å². The highest BCUT2D eigenvalue weighted by atomic mass is 16.7. The van der Waals surface area contributed by atoms with Crippen LogP contribution in [0.2, 0.25) is 0 Å². The maximum absolute atomic E-state index is 11.7. The zero-order chi connectivity index (χ0) is 25.0. The van der Waals surface area contributed by atoms with E-state index in [1.54, 1.807) is 5.06 Å². The minimum atomic E-state index is -0.735. The third kappa shape index (κ3) is 9.29. The molecule has 0 heterocycles. The third-order valence-corrected chi connectivity index (χ3v) is 5.87. The lowest BCUT2D eigenvalue weighted by Gasteiger charge is -2.37. The number of carbonyl (C=O) groups excluding carboxylic acids is 1. The van der Waals surface area contributed by atoms with E-state index in [0.717, 1.165) is 5.56 Å². The zero-order valence-electron chi connectivity index (χ0n) is 21.1. The SMILES string of the molecule is CC(=O)ON(CC(C)C)CC(O)[C@H](Cc1ccccc1)N(Cc1ccccc1)Cc1ccccc1. The highest BCUT2D eigenvalue weighted by Crippen LogP contribution is 2.21. The van der Waals surface area contributed by atoms with Gasteiger partial charge in [-0.1, -0.05) is 105 Å². The molecule has 1 N–H and O–H groups in total. The second kappa shape index (κ2) is 13.8. The summed E-state index contributed by atoms with van der Waals surface area (Å²) in [4.78, 5) is 19.5. The van der Waals surface area contributed by atoms with Crippen molar-refractivity contribution in [2.24, 2.45) is 5.92 Å². The second-order valence-corrected chi connectivity index (χ2v) is 9.52. The average molecular weight is 475 g/mol. The van der Waals surface area contributed by atoms with Crippen molar-refractivity contribution in [3.05, 3.63) is 108 Å².